The van der Waals surface area contributed by atoms with E-state index in [1.807, 2.05) is 68.4 Å². The maximum absolute atomic E-state index is 6.23. The molecule has 2 heterocycles. The van der Waals surface area contributed by atoms with Crippen LogP contribution in [0.3, 0.4) is 0 Å². The molecular weight excluding hydrogens is 372 g/mol. The number of hydrogen-bond donors (Lipinski definition) is 0. The van der Waals surface area contributed by atoms with Gasteiger partial charge in [0.2, 0.25) is 0 Å². The van der Waals surface area contributed by atoms with Crippen LogP contribution in [0.1, 0.15) is 25.0 Å². The Labute approximate surface area is 171 Å². The van der Waals surface area contributed by atoms with Crippen molar-refractivity contribution in [3.63, 3.8) is 0 Å². The van der Waals surface area contributed by atoms with Crippen LogP contribution in [-0.4, -0.2) is 44.1 Å². The fourth-order valence-corrected chi connectivity index (χ4v) is 3.66. The molecule has 0 radical (unpaired) electrons. The second kappa shape index (κ2) is 8.81. The van der Waals surface area contributed by atoms with Crippen LogP contribution in [0.2, 0.25) is 0 Å². The summed E-state index contributed by atoms with van der Waals surface area (Å²) in [6.45, 7) is 5.14. The van der Waals surface area contributed by atoms with Crippen molar-refractivity contribution in [3.05, 3.63) is 65.7 Å². The van der Waals surface area contributed by atoms with E-state index in [2.05, 4.69) is 0 Å². The average molecular weight is 400 g/mol. The fraction of sp³-hybridized carbons (Fsp3) is 0.478. The Morgan fingerprint density at radius 2 is 1.62 bits per heavy atom. The number of methoxy groups -OCH3 is 1. The molecule has 2 saturated heterocycles. The van der Waals surface area contributed by atoms with Crippen LogP contribution in [0.15, 0.2) is 54.6 Å². The highest BCUT2D eigenvalue weighted by Gasteiger charge is 2.55. The van der Waals surface area contributed by atoms with Crippen LogP contribution in [0.4, 0.5) is 0 Å². The molecule has 0 bridgehead atoms. The number of rotatable bonds is 8. The smallest absolute Gasteiger partial charge is 0.190 e. The van der Waals surface area contributed by atoms with E-state index < -0.39 is 12.1 Å². The van der Waals surface area contributed by atoms with Gasteiger partial charge in [0, 0.05) is 0 Å². The van der Waals surface area contributed by atoms with Crippen molar-refractivity contribution in [1.29, 1.82) is 0 Å². The summed E-state index contributed by atoms with van der Waals surface area (Å²) < 4.78 is 35.4. The Morgan fingerprint density at radius 1 is 0.897 bits per heavy atom. The van der Waals surface area contributed by atoms with Crippen LogP contribution >= 0.6 is 0 Å². The Morgan fingerprint density at radius 3 is 2.34 bits per heavy atom. The third kappa shape index (κ3) is 4.97. The summed E-state index contributed by atoms with van der Waals surface area (Å²) in [6.07, 6.45) is -1.27. The largest absolute Gasteiger partial charge is 0.497 e. The lowest BCUT2D eigenvalue weighted by atomic mass is 10.1. The van der Waals surface area contributed by atoms with E-state index in [1.54, 1.807) is 7.11 Å². The van der Waals surface area contributed by atoms with Crippen molar-refractivity contribution in [2.45, 2.75) is 57.5 Å². The van der Waals surface area contributed by atoms with Crippen molar-refractivity contribution in [2.75, 3.05) is 13.7 Å². The van der Waals surface area contributed by atoms with Crippen molar-refractivity contribution in [1.82, 2.24) is 0 Å². The molecule has 6 heteroatoms. The van der Waals surface area contributed by atoms with Gasteiger partial charge in [-0.05, 0) is 37.1 Å². The quantitative estimate of drug-likeness (QED) is 0.674. The fourth-order valence-electron chi connectivity index (χ4n) is 3.66. The van der Waals surface area contributed by atoms with Gasteiger partial charge in [-0.2, -0.15) is 0 Å². The summed E-state index contributed by atoms with van der Waals surface area (Å²) in [7, 11) is 1.65. The number of benzene rings is 2. The minimum atomic E-state index is -0.688. The van der Waals surface area contributed by atoms with E-state index in [9.17, 15) is 0 Å². The molecule has 2 aliphatic rings. The molecule has 0 amide bonds. The first-order valence-electron chi connectivity index (χ1n) is 9.91. The minimum absolute atomic E-state index is 0.261. The van der Waals surface area contributed by atoms with Crippen molar-refractivity contribution in [3.8, 4) is 5.75 Å². The van der Waals surface area contributed by atoms with Gasteiger partial charge >= 0.3 is 0 Å². The van der Waals surface area contributed by atoms with Crippen LogP contribution < -0.4 is 4.74 Å². The number of ether oxygens (including phenoxy) is 6. The highest BCUT2D eigenvalue weighted by Crippen LogP contribution is 2.39. The predicted molar refractivity (Wildman–Crippen MR) is 106 cm³/mol. The highest BCUT2D eigenvalue weighted by atomic mass is 16.8. The normalized spacial score (nSPS) is 27.7. The molecule has 0 spiro atoms. The van der Waals surface area contributed by atoms with Gasteiger partial charge in [-0.3, -0.25) is 0 Å². The van der Waals surface area contributed by atoms with Crippen molar-refractivity contribution >= 4 is 0 Å². The second-order valence-corrected chi connectivity index (χ2v) is 7.77. The molecule has 2 aromatic carbocycles. The summed E-state index contributed by atoms with van der Waals surface area (Å²) in [5, 5.41) is 0. The molecule has 4 rings (SSSR count). The Bertz CT molecular complexity index is 776. The van der Waals surface area contributed by atoms with E-state index in [4.69, 9.17) is 28.4 Å². The van der Waals surface area contributed by atoms with Gasteiger partial charge in [-0.25, -0.2) is 0 Å². The molecule has 29 heavy (non-hydrogen) atoms. The monoisotopic (exact) mass is 400 g/mol. The predicted octanol–water partition coefficient (Wildman–Crippen LogP) is 3.67. The maximum atomic E-state index is 6.23. The molecule has 0 aromatic heterocycles. The van der Waals surface area contributed by atoms with Gasteiger partial charge in [0.15, 0.2) is 12.1 Å². The van der Waals surface area contributed by atoms with Crippen molar-refractivity contribution in [2.24, 2.45) is 0 Å². The van der Waals surface area contributed by atoms with E-state index in [1.165, 1.54) is 0 Å². The topological polar surface area (TPSA) is 55.4 Å². The summed E-state index contributed by atoms with van der Waals surface area (Å²) in [5.74, 6) is 0.131. The molecule has 156 valence electrons. The summed E-state index contributed by atoms with van der Waals surface area (Å²) in [5.41, 5.74) is 2.17. The Kier molecular flexibility index (Phi) is 6.18. The molecule has 0 N–H and O–H groups in total. The summed E-state index contributed by atoms with van der Waals surface area (Å²) in [6, 6.07) is 17.9. The van der Waals surface area contributed by atoms with Gasteiger partial charge in [-0.1, -0.05) is 42.5 Å². The molecule has 0 unspecified atom stereocenters. The standard InChI is InChI=1S/C23H28O6/c1-23(2)28-21-20(26-14-17-9-11-18(24-3)12-10-17)19(27-22(21)29-23)15-25-13-16-7-5-4-6-8-16/h4-12,19-22H,13-15H2,1-3H3/t19-,20-,21-,22-/m1/s1. The first kappa shape index (κ1) is 20.3. The van der Waals surface area contributed by atoms with Crippen LogP contribution in [0, 0.1) is 0 Å². The van der Waals surface area contributed by atoms with Crippen molar-refractivity contribution < 1.29 is 28.4 Å². The molecule has 2 aliphatic heterocycles. The third-order valence-electron chi connectivity index (χ3n) is 5.08. The SMILES string of the molecule is COc1ccc(CO[C@H]2[C@H]3OC(C)(C)O[C@H]3O[C@@H]2COCc2ccccc2)cc1. The van der Waals surface area contributed by atoms with Crippen LogP contribution in [0.5, 0.6) is 5.75 Å². The second-order valence-electron chi connectivity index (χ2n) is 7.77. The average Bonchev–Trinajstić information content (AvgIpc) is 3.19. The molecule has 0 saturated carbocycles. The molecule has 6 nitrogen and oxygen atoms in total. The molecule has 2 aromatic rings. The first-order valence-corrected chi connectivity index (χ1v) is 9.91. The number of hydrogen-bond acceptors (Lipinski definition) is 6. The van der Waals surface area contributed by atoms with E-state index >= 15 is 0 Å². The van der Waals surface area contributed by atoms with Gasteiger partial charge in [0.05, 0.1) is 26.9 Å². The summed E-state index contributed by atoms with van der Waals surface area (Å²) in [4.78, 5) is 0. The molecular formula is C23H28O6. The molecule has 4 atom stereocenters. The zero-order chi connectivity index (χ0) is 20.3. The maximum Gasteiger partial charge on any atom is 0.190 e. The zero-order valence-corrected chi connectivity index (χ0v) is 17.1. The minimum Gasteiger partial charge on any atom is -0.497 e. The molecule has 0 aliphatic carbocycles. The van der Waals surface area contributed by atoms with E-state index in [-0.39, 0.29) is 18.3 Å². The highest BCUT2D eigenvalue weighted by molar-refractivity contribution is 5.26. The zero-order valence-electron chi connectivity index (χ0n) is 17.1. The van der Waals surface area contributed by atoms with Crippen LogP contribution in [-0.2, 0) is 36.9 Å². The summed E-state index contributed by atoms with van der Waals surface area (Å²) >= 11 is 0. The van der Waals surface area contributed by atoms with Gasteiger partial charge in [0.1, 0.15) is 24.1 Å². The van der Waals surface area contributed by atoms with Crippen LogP contribution in [0.25, 0.3) is 0 Å². The first-order chi connectivity index (χ1) is 14.0. The lowest BCUT2D eigenvalue weighted by molar-refractivity contribution is -0.225. The lowest BCUT2D eigenvalue weighted by Crippen LogP contribution is -2.38. The molecule has 2 fully saturated rings. The van der Waals surface area contributed by atoms with Gasteiger partial charge in [0.25, 0.3) is 0 Å². The Hall–Kier alpha value is -1.96. The van der Waals surface area contributed by atoms with Gasteiger partial charge < -0.3 is 28.4 Å². The third-order valence-corrected chi connectivity index (χ3v) is 5.08. The van der Waals surface area contributed by atoms with E-state index in [0.717, 1.165) is 16.9 Å². The van der Waals surface area contributed by atoms with Gasteiger partial charge in [-0.15, -0.1) is 0 Å². The lowest BCUT2D eigenvalue weighted by Gasteiger charge is -2.26. The van der Waals surface area contributed by atoms with E-state index in [0.29, 0.717) is 19.8 Å². The Balaban J connectivity index is 1.38. The number of fused-ring (bicyclic) bond motifs is 1.